The molecule has 110 valence electrons. The average molecular weight is 327 g/mol. The first-order valence-electron chi connectivity index (χ1n) is 6.25. The van der Waals surface area contributed by atoms with E-state index in [1.165, 1.54) is 12.8 Å². The van der Waals surface area contributed by atoms with E-state index in [1.807, 2.05) is 6.07 Å². The van der Waals surface area contributed by atoms with Gasteiger partial charge in [0.15, 0.2) is 0 Å². The van der Waals surface area contributed by atoms with Crippen LogP contribution >= 0.6 is 36.4 Å². The standard InChI is InChI=1S/C13H20ClN3.2ClH/c1-10-3-2-6-17(13(10)7-15)9-11-4-5-16-8-12(11)14;;/h4-5,8,10,13H,2-3,6-7,9,15H2,1H3;2*1H. The molecule has 0 bridgehead atoms. The molecule has 0 amide bonds. The fraction of sp³-hybridized carbons (Fsp3) is 0.615. The number of nitrogens with zero attached hydrogens (tertiary/aromatic N) is 2. The molecule has 0 spiro atoms. The number of piperidine rings is 1. The zero-order valence-corrected chi connectivity index (χ0v) is 13.5. The maximum atomic E-state index is 6.15. The van der Waals surface area contributed by atoms with Crippen molar-refractivity contribution in [1.82, 2.24) is 9.88 Å². The van der Waals surface area contributed by atoms with E-state index in [9.17, 15) is 0 Å². The highest BCUT2D eigenvalue weighted by Crippen LogP contribution is 2.25. The topological polar surface area (TPSA) is 42.2 Å². The van der Waals surface area contributed by atoms with Gasteiger partial charge >= 0.3 is 0 Å². The Labute approximate surface area is 132 Å². The predicted molar refractivity (Wildman–Crippen MR) is 85.4 cm³/mol. The second kappa shape index (κ2) is 8.98. The normalized spacial score (nSPS) is 23.3. The summed E-state index contributed by atoms with van der Waals surface area (Å²) in [7, 11) is 0. The summed E-state index contributed by atoms with van der Waals surface area (Å²) in [6.07, 6.45) is 6.04. The number of rotatable bonds is 3. The molecule has 2 N–H and O–H groups in total. The van der Waals surface area contributed by atoms with Crippen molar-refractivity contribution in [2.75, 3.05) is 13.1 Å². The third kappa shape index (κ3) is 4.76. The third-order valence-corrected chi connectivity index (χ3v) is 4.04. The molecule has 2 atom stereocenters. The predicted octanol–water partition coefficient (Wildman–Crippen LogP) is 3.14. The van der Waals surface area contributed by atoms with Crippen molar-refractivity contribution in [1.29, 1.82) is 0 Å². The molecule has 3 nitrogen and oxygen atoms in total. The molecule has 1 aromatic heterocycles. The van der Waals surface area contributed by atoms with Crippen molar-refractivity contribution in [2.45, 2.75) is 32.4 Å². The van der Waals surface area contributed by atoms with Crippen molar-refractivity contribution in [3.05, 3.63) is 29.0 Å². The molecule has 6 heteroatoms. The minimum atomic E-state index is 0. The van der Waals surface area contributed by atoms with Gasteiger partial charge in [-0.05, 0) is 36.9 Å². The summed E-state index contributed by atoms with van der Waals surface area (Å²) in [6, 6.07) is 2.47. The highest BCUT2D eigenvalue weighted by atomic mass is 35.5. The molecule has 1 fully saturated rings. The number of halogens is 3. The monoisotopic (exact) mass is 325 g/mol. The second-order valence-electron chi connectivity index (χ2n) is 4.86. The number of aromatic nitrogens is 1. The summed E-state index contributed by atoms with van der Waals surface area (Å²) in [4.78, 5) is 6.47. The summed E-state index contributed by atoms with van der Waals surface area (Å²) in [5, 5.41) is 0.751. The van der Waals surface area contributed by atoms with Crippen molar-refractivity contribution in [3.63, 3.8) is 0 Å². The van der Waals surface area contributed by atoms with Gasteiger partial charge in [-0.3, -0.25) is 9.88 Å². The molecule has 19 heavy (non-hydrogen) atoms. The Balaban J connectivity index is 0.00000162. The van der Waals surface area contributed by atoms with Crippen molar-refractivity contribution in [3.8, 4) is 0 Å². The first kappa shape index (κ1) is 18.9. The molecule has 1 aromatic rings. The number of pyridine rings is 1. The van der Waals surface area contributed by atoms with Gasteiger partial charge in [-0.2, -0.15) is 0 Å². The van der Waals surface area contributed by atoms with Gasteiger partial charge in [0, 0.05) is 31.5 Å². The van der Waals surface area contributed by atoms with E-state index in [2.05, 4.69) is 16.8 Å². The van der Waals surface area contributed by atoms with Gasteiger partial charge < -0.3 is 5.73 Å². The van der Waals surface area contributed by atoms with Crippen LogP contribution in [0.1, 0.15) is 25.3 Å². The van der Waals surface area contributed by atoms with Gasteiger partial charge in [0.05, 0.1) is 5.02 Å². The molecule has 0 aromatic carbocycles. The molecule has 2 heterocycles. The van der Waals surface area contributed by atoms with Crippen LogP contribution in [0, 0.1) is 5.92 Å². The largest absolute Gasteiger partial charge is 0.329 e. The molecule has 1 aliphatic rings. The highest BCUT2D eigenvalue weighted by molar-refractivity contribution is 6.31. The quantitative estimate of drug-likeness (QED) is 0.928. The van der Waals surface area contributed by atoms with Crippen LogP contribution in [0.2, 0.25) is 5.02 Å². The van der Waals surface area contributed by atoms with Crippen molar-refractivity contribution < 1.29 is 0 Å². The van der Waals surface area contributed by atoms with Gasteiger partial charge in [0.1, 0.15) is 0 Å². The van der Waals surface area contributed by atoms with Gasteiger partial charge in [0.2, 0.25) is 0 Å². The molecule has 0 saturated carbocycles. The van der Waals surface area contributed by atoms with E-state index in [-0.39, 0.29) is 24.8 Å². The van der Waals surface area contributed by atoms with Crippen LogP contribution in [0.25, 0.3) is 0 Å². The lowest BCUT2D eigenvalue weighted by Gasteiger charge is -2.39. The van der Waals surface area contributed by atoms with E-state index in [4.69, 9.17) is 17.3 Å². The summed E-state index contributed by atoms with van der Waals surface area (Å²) in [5.41, 5.74) is 7.04. The lowest BCUT2D eigenvalue weighted by molar-refractivity contribution is 0.0991. The lowest BCUT2D eigenvalue weighted by atomic mass is 9.90. The molecule has 2 unspecified atom stereocenters. The Morgan fingerprint density at radius 3 is 2.84 bits per heavy atom. The minimum Gasteiger partial charge on any atom is -0.329 e. The van der Waals surface area contributed by atoms with Crippen molar-refractivity contribution >= 4 is 36.4 Å². The van der Waals surface area contributed by atoms with Gasteiger partial charge in [0.25, 0.3) is 0 Å². The molecule has 1 saturated heterocycles. The molecular formula is C13H22Cl3N3. The van der Waals surface area contributed by atoms with E-state index >= 15 is 0 Å². The fourth-order valence-electron chi connectivity index (χ4n) is 2.66. The zero-order chi connectivity index (χ0) is 12.3. The summed E-state index contributed by atoms with van der Waals surface area (Å²) in [6.45, 7) is 5.01. The first-order valence-corrected chi connectivity index (χ1v) is 6.62. The molecule has 0 aliphatic carbocycles. The van der Waals surface area contributed by atoms with E-state index in [0.29, 0.717) is 12.0 Å². The van der Waals surface area contributed by atoms with Crippen LogP contribution in [-0.2, 0) is 6.54 Å². The Kier molecular flexibility index (Phi) is 8.95. The van der Waals surface area contributed by atoms with E-state index < -0.39 is 0 Å². The van der Waals surface area contributed by atoms with Crippen LogP contribution < -0.4 is 5.73 Å². The minimum absolute atomic E-state index is 0. The van der Waals surface area contributed by atoms with E-state index in [0.717, 1.165) is 30.2 Å². The second-order valence-corrected chi connectivity index (χ2v) is 5.27. The third-order valence-electron chi connectivity index (χ3n) is 3.70. The van der Waals surface area contributed by atoms with Crippen LogP contribution in [0.5, 0.6) is 0 Å². The number of hydrogen-bond acceptors (Lipinski definition) is 3. The number of hydrogen-bond donors (Lipinski definition) is 1. The van der Waals surface area contributed by atoms with E-state index in [1.54, 1.807) is 12.4 Å². The Hall–Kier alpha value is -0.0600. The molecule has 1 aliphatic heterocycles. The Morgan fingerprint density at radius 2 is 2.21 bits per heavy atom. The number of nitrogens with two attached hydrogens (primary N) is 1. The van der Waals surface area contributed by atoms with Crippen molar-refractivity contribution in [2.24, 2.45) is 11.7 Å². The van der Waals surface area contributed by atoms with Crippen LogP contribution in [0.3, 0.4) is 0 Å². The Morgan fingerprint density at radius 1 is 1.47 bits per heavy atom. The summed E-state index contributed by atoms with van der Waals surface area (Å²) in [5.74, 6) is 0.675. The maximum absolute atomic E-state index is 6.15. The molecule has 0 radical (unpaired) electrons. The van der Waals surface area contributed by atoms with Gasteiger partial charge in [-0.1, -0.05) is 18.5 Å². The molecule has 2 rings (SSSR count). The molecular weight excluding hydrogens is 305 g/mol. The zero-order valence-electron chi connectivity index (χ0n) is 11.1. The lowest BCUT2D eigenvalue weighted by Crippen LogP contribution is -2.48. The van der Waals surface area contributed by atoms with Gasteiger partial charge in [-0.25, -0.2) is 0 Å². The smallest absolute Gasteiger partial charge is 0.0634 e. The average Bonchev–Trinajstić information content (AvgIpc) is 2.32. The van der Waals surface area contributed by atoms with Crippen LogP contribution in [0.4, 0.5) is 0 Å². The summed E-state index contributed by atoms with van der Waals surface area (Å²) >= 11 is 6.15. The number of likely N-dealkylation sites (tertiary alicyclic amines) is 1. The fourth-order valence-corrected chi connectivity index (χ4v) is 2.84. The Bertz CT molecular complexity index is 376. The first-order chi connectivity index (χ1) is 8.22. The van der Waals surface area contributed by atoms with Crippen LogP contribution in [-0.4, -0.2) is 29.0 Å². The van der Waals surface area contributed by atoms with Crippen LogP contribution in [0.15, 0.2) is 18.5 Å². The highest BCUT2D eigenvalue weighted by Gasteiger charge is 2.27. The SMILES string of the molecule is CC1CCCN(Cc2ccncc2Cl)C1CN.Cl.Cl. The maximum Gasteiger partial charge on any atom is 0.0634 e. The van der Waals surface area contributed by atoms with Gasteiger partial charge in [-0.15, -0.1) is 24.8 Å². The summed E-state index contributed by atoms with van der Waals surface area (Å²) < 4.78 is 0.